The lowest BCUT2D eigenvalue weighted by atomic mass is 10.2. The van der Waals surface area contributed by atoms with Gasteiger partial charge in [-0.1, -0.05) is 19.1 Å². The summed E-state index contributed by atoms with van der Waals surface area (Å²) in [4.78, 5) is 26.3. The first-order chi connectivity index (χ1) is 11.6. The first-order valence-corrected chi connectivity index (χ1v) is 7.98. The van der Waals surface area contributed by atoms with Gasteiger partial charge in [-0.05, 0) is 24.1 Å². The van der Waals surface area contributed by atoms with Gasteiger partial charge in [0.25, 0.3) is 11.8 Å². The van der Waals surface area contributed by atoms with Gasteiger partial charge >= 0.3 is 0 Å². The van der Waals surface area contributed by atoms with Gasteiger partial charge in [-0.3, -0.25) is 14.3 Å². The van der Waals surface area contributed by atoms with Crippen LogP contribution in [0.4, 0.5) is 4.39 Å². The maximum atomic E-state index is 13.0. The van der Waals surface area contributed by atoms with Gasteiger partial charge in [-0.2, -0.15) is 5.10 Å². The largest absolute Gasteiger partial charge is 0.351 e. The third-order valence-electron chi connectivity index (χ3n) is 3.92. The van der Waals surface area contributed by atoms with Gasteiger partial charge in [0.2, 0.25) is 0 Å². The van der Waals surface area contributed by atoms with Crippen LogP contribution >= 0.6 is 0 Å². The van der Waals surface area contributed by atoms with Crippen molar-refractivity contribution in [3.05, 3.63) is 53.1 Å². The lowest BCUT2D eigenvalue weighted by molar-refractivity contribution is 0.0683. The molecule has 0 spiro atoms. The lowest BCUT2D eigenvalue weighted by Crippen LogP contribution is -2.39. The normalized spacial score (nSPS) is 13.8. The van der Waals surface area contributed by atoms with Crippen LogP contribution in [0, 0.1) is 5.82 Å². The molecule has 1 aromatic heterocycles. The lowest BCUT2D eigenvalue weighted by Gasteiger charge is -2.27. The third kappa shape index (κ3) is 3.29. The molecular weight excluding hydrogens is 311 g/mol. The minimum atomic E-state index is -0.301. The molecule has 0 aliphatic carbocycles. The molecule has 2 heterocycles. The Labute approximate surface area is 139 Å². The fourth-order valence-corrected chi connectivity index (χ4v) is 2.64. The highest BCUT2D eigenvalue weighted by Crippen LogP contribution is 2.17. The predicted octanol–water partition coefficient (Wildman–Crippen LogP) is 1.82. The van der Waals surface area contributed by atoms with Gasteiger partial charge in [0, 0.05) is 25.7 Å². The van der Waals surface area contributed by atoms with E-state index >= 15 is 0 Å². The van der Waals surface area contributed by atoms with Crippen molar-refractivity contribution in [3.63, 3.8) is 0 Å². The van der Waals surface area contributed by atoms with E-state index < -0.39 is 0 Å². The summed E-state index contributed by atoms with van der Waals surface area (Å²) in [5.41, 5.74) is 1.53. The smallest absolute Gasteiger partial charge is 0.272 e. The summed E-state index contributed by atoms with van der Waals surface area (Å²) >= 11 is 0. The van der Waals surface area contributed by atoms with E-state index in [2.05, 4.69) is 10.4 Å². The summed E-state index contributed by atoms with van der Waals surface area (Å²) < 4.78 is 14.5. The Kier molecular flexibility index (Phi) is 4.59. The van der Waals surface area contributed by atoms with Crippen LogP contribution in [-0.4, -0.2) is 39.6 Å². The molecule has 0 bridgehead atoms. The van der Waals surface area contributed by atoms with Crippen molar-refractivity contribution in [2.75, 3.05) is 13.1 Å². The van der Waals surface area contributed by atoms with Crippen LogP contribution in [0.1, 0.15) is 39.9 Å². The molecule has 0 saturated heterocycles. The molecule has 1 aromatic carbocycles. The predicted molar refractivity (Wildman–Crippen MR) is 86.0 cm³/mol. The summed E-state index contributed by atoms with van der Waals surface area (Å²) in [6.45, 7) is 3.98. The fourth-order valence-electron chi connectivity index (χ4n) is 2.64. The average Bonchev–Trinajstić information content (AvgIpc) is 3.02. The molecule has 1 aliphatic heterocycles. The van der Waals surface area contributed by atoms with E-state index in [1.54, 1.807) is 21.7 Å². The standard InChI is InChI=1S/C17H19FN4O2/c1-2-7-19-16(23)14-10-15-17(24)21(8-9-22(15)20-14)11-12-3-5-13(18)6-4-12/h3-6,10H,2,7-9,11H2,1H3,(H,19,23). The number of fused-ring (bicyclic) bond motifs is 1. The van der Waals surface area contributed by atoms with E-state index in [0.29, 0.717) is 31.9 Å². The topological polar surface area (TPSA) is 67.2 Å². The number of nitrogens with one attached hydrogen (secondary N) is 1. The number of benzene rings is 1. The number of amides is 2. The number of halogens is 1. The van der Waals surface area contributed by atoms with Crippen molar-refractivity contribution in [1.29, 1.82) is 0 Å². The van der Waals surface area contributed by atoms with Crippen LogP contribution in [0.15, 0.2) is 30.3 Å². The van der Waals surface area contributed by atoms with E-state index in [9.17, 15) is 14.0 Å². The highest BCUT2D eigenvalue weighted by Gasteiger charge is 2.27. The number of hydrogen-bond acceptors (Lipinski definition) is 3. The van der Waals surface area contributed by atoms with E-state index in [4.69, 9.17) is 0 Å². The highest BCUT2D eigenvalue weighted by atomic mass is 19.1. The Morgan fingerprint density at radius 1 is 1.29 bits per heavy atom. The molecule has 2 aromatic rings. The minimum Gasteiger partial charge on any atom is -0.351 e. The van der Waals surface area contributed by atoms with E-state index in [0.717, 1.165) is 12.0 Å². The van der Waals surface area contributed by atoms with Crippen LogP contribution < -0.4 is 5.32 Å². The van der Waals surface area contributed by atoms with Crippen molar-refractivity contribution < 1.29 is 14.0 Å². The molecule has 7 heteroatoms. The zero-order chi connectivity index (χ0) is 17.1. The molecule has 1 N–H and O–H groups in total. The number of carbonyl (C=O) groups excluding carboxylic acids is 2. The number of nitrogens with zero attached hydrogens (tertiary/aromatic N) is 3. The second-order valence-corrected chi connectivity index (χ2v) is 5.75. The number of carbonyl (C=O) groups is 2. The van der Waals surface area contributed by atoms with E-state index in [1.807, 2.05) is 6.92 Å². The Balaban J connectivity index is 1.74. The highest BCUT2D eigenvalue weighted by molar-refractivity contribution is 5.98. The second-order valence-electron chi connectivity index (χ2n) is 5.75. The molecule has 0 atom stereocenters. The number of aromatic nitrogens is 2. The van der Waals surface area contributed by atoms with Gasteiger partial charge in [-0.15, -0.1) is 0 Å². The summed E-state index contributed by atoms with van der Waals surface area (Å²) in [7, 11) is 0. The van der Waals surface area contributed by atoms with Crippen molar-refractivity contribution in [2.45, 2.75) is 26.4 Å². The second kappa shape index (κ2) is 6.82. The molecule has 24 heavy (non-hydrogen) atoms. The molecule has 3 rings (SSSR count). The maximum Gasteiger partial charge on any atom is 0.272 e. The molecule has 0 fully saturated rings. The van der Waals surface area contributed by atoms with E-state index in [1.165, 1.54) is 18.2 Å². The van der Waals surface area contributed by atoms with Gasteiger partial charge in [-0.25, -0.2) is 4.39 Å². The molecule has 0 radical (unpaired) electrons. The molecule has 6 nitrogen and oxygen atoms in total. The molecule has 2 amide bonds. The first kappa shape index (κ1) is 16.2. The van der Waals surface area contributed by atoms with Crippen LogP contribution in [-0.2, 0) is 13.1 Å². The summed E-state index contributed by atoms with van der Waals surface area (Å²) in [5, 5.41) is 6.97. The Morgan fingerprint density at radius 3 is 2.75 bits per heavy atom. The molecular formula is C17H19FN4O2. The van der Waals surface area contributed by atoms with Gasteiger partial charge in [0.05, 0.1) is 6.54 Å². The van der Waals surface area contributed by atoms with Crippen LogP contribution in [0.2, 0.25) is 0 Å². The van der Waals surface area contributed by atoms with Crippen LogP contribution in [0.3, 0.4) is 0 Å². The fraction of sp³-hybridized carbons (Fsp3) is 0.353. The van der Waals surface area contributed by atoms with E-state index in [-0.39, 0.29) is 23.3 Å². The quantitative estimate of drug-likeness (QED) is 0.909. The number of rotatable bonds is 5. The van der Waals surface area contributed by atoms with Crippen molar-refractivity contribution in [3.8, 4) is 0 Å². The summed E-state index contributed by atoms with van der Waals surface area (Å²) in [5.74, 6) is -0.742. The van der Waals surface area contributed by atoms with Crippen molar-refractivity contribution >= 4 is 11.8 Å². The minimum absolute atomic E-state index is 0.174. The average molecular weight is 330 g/mol. The Hall–Kier alpha value is -2.70. The molecule has 1 aliphatic rings. The van der Waals surface area contributed by atoms with Crippen molar-refractivity contribution in [2.24, 2.45) is 0 Å². The van der Waals surface area contributed by atoms with Gasteiger partial charge < -0.3 is 10.2 Å². The monoisotopic (exact) mass is 330 g/mol. The van der Waals surface area contributed by atoms with Crippen molar-refractivity contribution in [1.82, 2.24) is 20.0 Å². The summed E-state index contributed by atoms with van der Waals surface area (Å²) in [6, 6.07) is 7.62. The SMILES string of the molecule is CCCNC(=O)c1cc2n(n1)CCN(Cc1ccc(F)cc1)C2=O. The Bertz CT molecular complexity index is 754. The molecule has 126 valence electrons. The maximum absolute atomic E-state index is 13.0. The third-order valence-corrected chi connectivity index (χ3v) is 3.92. The number of hydrogen-bond donors (Lipinski definition) is 1. The summed E-state index contributed by atoms with van der Waals surface area (Å²) in [6.07, 6.45) is 0.837. The molecule has 0 saturated carbocycles. The van der Waals surface area contributed by atoms with Crippen LogP contribution in [0.5, 0.6) is 0 Å². The zero-order valence-corrected chi connectivity index (χ0v) is 13.5. The van der Waals surface area contributed by atoms with Crippen LogP contribution in [0.25, 0.3) is 0 Å². The molecule has 0 unspecified atom stereocenters. The Morgan fingerprint density at radius 2 is 2.04 bits per heavy atom. The van der Waals surface area contributed by atoms with Gasteiger partial charge in [0.1, 0.15) is 11.5 Å². The first-order valence-electron chi connectivity index (χ1n) is 7.98. The van der Waals surface area contributed by atoms with Gasteiger partial charge in [0.15, 0.2) is 5.69 Å². The zero-order valence-electron chi connectivity index (χ0n) is 13.5.